The van der Waals surface area contributed by atoms with Crippen LogP contribution in [0.1, 0.15) is 110 Å². The van der Waals surface area contributed by atoms with Gasteiger partial charge in [0.1, 0.15) is 0 Å². The van der Waals surface area contributed by atoms with Crippen LogP contribution >= 0.6 is 0 Å². The summed E-state index contributed by atoms with van der Waals surface area (Å²) in [6, 6.07) is 0. The molecule has 0 rings (SSSR count). The van der Waals surface area contributed by atoms with Gasteiger partial charge in [0.05, 0.1) is 0 Å². The molecule has 21 heavy (non-hydrogen) atoms. The Morgan fingerprint density at radius 3 is 1.19 bits per heavy atom. The van der Waals surface area contributed by atoms with Gasteiger partial charge in [-0.25, -0.2) is 0 Å². The van der Waals surface area contributed by atoms with Gasteiger partial charge in [0, 0.05) is 24.0 Å². The Hall–Kier alpha value is 0.0129. The average Bonchev–Trinajstić information content (AvgIpc) is 2.43. The van der Waals surface area contributed by atoms with Gasteiger partial charge in [-0.2, -0.15) is 0 Å². The van der Waals surface area contributed by atoms with E-state index in [2.05, 4.69) is 6.92 Å². The Morgan fingerprint density at radius 1 is 0.619 bits per heavy atom. The summed E-state index contributed by atoms with van der Waals surface area (Å²) in [7, 11) is 0. The second-order valence-electron chi connectivity index (χ2n) is 6.09. The number of unbranched alkanes of at least 4 members (excludes halogenated alkanes) is 14. The number of hydrogen-bond acceptors (Lipinski definition) is 1. The Labute approximate surface area is 143 Å². The van der Waals surface area contributed by atoms with Crippen LogP contribution in [-0.4, -0.2) is 28.7 Å². The summed E-state index contributed by atoms with van der Waals surface area (Å²) in [4.78, 5) is 10.3. The van der Waals surface area contributed by atoms with Crippen molar-refractivity contribution < 1.29 is 9.90 Å². The van der Waals surface area contributed by atoms with Crippen molar-refractivity contribution in [2.45, 2.75) is 110 Å². The number of carbonyl (C=O) groups is 1. The molecule has 0 aliphatic carbocycles. The largest absolute Gasteiger partial charge is 0.481 e. The van der Waals surface area contributed by atoms with Crippen molar-refractivity contribution in [3.8, 4) is 0 Å². The van der Waals surface area contributed by atoms with Gasteiger partial charge in [-0.1, -0.05) is 96.8 Å². The van der Waals surface area contributed by atoms with E-state index < -0.39 is 5.97 Å². The minimum Gasteiger partial charge on any atom is -0.481 e. The number of hydrogen-bond donors (Lipinski definition) is 1. The molecule has 0 spiro atoms. The molecule has 124 valence electrons. The van der Waals surface area contributed by atoms with Crippen LogP contribution < -0.4 is 0 Å². The maximum Gasteiger partial charge on any atom is 0.303 e. The quantitative estimate of drug-likeness (QED) is 0.274. The molecule has 3 heteroatoms. The molecule has 0 aromatic rings. The molecule has 0 atom stereocenters. The molecule has 0 aliphatic rings. The summed E-state index contributed by atoms with van der Waals surface area (Å²) < 4.78 is 0. The molecule has 0 amide bonds. The molecule has 1 N–H and O–H groups in total. The molecular weight excluding hydrogens is 321 g/mol. The molecule has 0 unspecified atom stereocenters. The van der Waals surface area contributed by atoms with E-state index in [1.54, 1.807) is 0 Å². The Kier molecular flexibility index (Phi) is 22.2. The third kappa shape index (κ3) is 22.4. The Balaban J connectivity index is 0. The van der Waals surface area contributed by atoms with Crippen LogP contribution in [0, 0.1) is 0 Å². The molecule has 0 aromatic heterocycles. The van der Waals surface area contributed by atoms with E-state index >= 15 is 0 Å². The topological polar surface area (TPSA) is 37.3 Å². The van der Waals surface area contributed by atoms with Crippen molar-refractivity contribution in [2.75, 3.05) is 0 Å². The third-order valence-corrected chi connectivity index (χ3v) is 3.99. The van der Waals surface area contributed by atoms with Crippen LogP contribution in [0.15, 0.2) is 0 Å². The van der Waals surface area contributed by atoms with Crippen LogP contribution in [0.3, 0.4) is 0 Å². The molecule has 0 fully saturated rings. The first kappa shape index (κ1) is 23.3. The zero-order chi connectivity index (χ0) is 14.9. The zero-order valence-electron chi connectivity index (χ0n) is 14.2. The predicted octanol–water partition coefficient (Wildman–Crippen LogP) is 5.95. The molecule has 4 radical (unpaired) electrons. The van der Waals surface area contributed by atoms with Gasteiger partial charge >= 0.3 is 5.97 Å². The van der Waals surface area contributed by atoms with Crippen LogP contribution in [0.5, 0.6) is 0 Å². The minimum absolute atomic E-state index is 0. The zero-order valence-corrected chi connectivity index (χ0v) is 16.3. The van der Waals surface area contributed by atoms with E-state index in [9.17, 15) is 4.79 Å². The third-order valence-electron chi connectivity index (χ3n) is 3.99. The van der Waals surface area contributed by atoms with Gasteiger partial charge in [-0.15, -0.1) is 0 Å². The number of aliphatic carboxylic acids is 1. The van der Waals surface area contributed by atoms with Crippen LogP contribution in [0.25, 0.3) is 0 Å². The van der Waals surface area contributed by atoms with Gasteiger partial charge in [-0.05, 0) is 6.42 Å². The maximum atomic E-state index is 10.3. The van der Waals surface area contributed by atoms with Gasteiger partial charge < -0.3 is 5.11 Å². The van der Waals surface area contributed by atoms with Gasteiger partial charge in [0.15, 0.2) is 0 Å². The van der Waals surface area contributed by atoms with Gasteiger partial charge in [0.25, 0.3) is 0 Å². The Bertz CT molecular complexity index is 207. The van der Waals surface area contributed by atoms with Crippen molar-refractivity contribution in [3.05, 3.63) is 0 Å². The van der Waals surface area contributed by atoms with Crippen LogP contribution in [0.4, 0.5) is 0 Å². The molecule has 0 bridgehead atoms. The summed E-state index contributed by atoms with van der Waals surface area (Å²) in [5.74, 6) is -0.653. The second kappa shape index (κ2) is 20.0. The summed E-state index contributed by atoms with van der Waals surface area (Å²) in [6.45, 7) is 2.27. The Morgan fingerprint density at radius 2 is 0.905 bits per heavy atom. The van der Waals surface area contributed by atoms with Crippen molar-refractivity contribution >= 4 is 23.6 Å². The fraction of sp³-hybridized carbons (Fsp3) is 0.944. The number of carboxylic acid groups (broad SMARTS) is 1. The monoisotopic (exact) mass is 358 g/mol. The first-order valence-corrected chi connectivity index (χ1v) is 8.99. The normalized spacial score (nSPS) is 10.3. The first-order valence-electron chi connectivity index (χ1n) is 8.99. The van der Waals surface area contributed by atoms with Crippen molar-refractivity contribution in [1.29, 1.82) is 0 Å². The van der Waals surface area contributed by atoms with E-state index in [1.807, 2.05) is 0 Å². The van der Waals surface area contributed by atoms with E-state index in [-0.39, 0.29) is 17.6 Å². The number of carboxylic acids is 1. The summed E-state index contributed by atoms with van der Waals surface area (Å²) in [5, 5.41) is 8.52. The molecule has 0 aromatic carbocycles. The standard InChI is InChI=1S/C18H36O2.Ge/c1-2-3-4-5-6-7-8-9-10-11-12-13-14-15-16-17-18(19)20;/h2-17H2,1H3,(H,19,20);. The minimum atomic E-state index is -0.653. The van der Waals surface area contributed by atoms with E-state index in [0.717, 1.165) is 12.8 Å². The van der Waals surface area contributed by atoms with Gasteiger partial charge in [-0.3, -0.25) is 4.79 Å². The smallest absolute Gasteiger partial charge is 0.303 e. The molecular formula is C18H36GeO2. The van der Waals surface area contributed by atoms with Crippen molar-refractivity contribution in [1.82, 2.24) is 0 Å². The predicted molar refractivity (Wildman–Crippen MR) is 92.9 cm³/mol. The summed E-state index contributed by atoms with van der Waals surface area (Å²) in [6.07, 6.45) is 20.2. The van der Waals surface area contributed by atoms with Crippen LogP contribution in [0.2, 0.25) is 0 Å². The maximum absolute atomic E-state index is 10.3. The van der Waals surface area contributed by atoms with E-state index in [0.29, 0.717) is 6.42 Å². The molecule has 2 nitrogen and oxygen atoms in total. The summed E-state index contributed by atoms with van der Waals surface area (Å²) in [5.41, 5.74) is 0. The molecule has 0 heterocycles. The van der Waals surface area contributed by atoms with E-state index in [4.69, 9.17) is 5.11 Å². The van der Waals surface area contributed by atoms with Gasteiger partial charge in [0.2, 0.25) is 0 Å². The van der Waals surface area contributed by atoms with Crippen LogP contribution in [-0.2, 0) is 4.79 Å². The molecule has 0 aliphatic heterocycles. The second-order valence-corrected chi connectivity index (χ2v) is 6.09. The molecule has 0 saturated heterocycles. The van der Waals surface area contributed by atoms with Crippen molar-refractivity contribution in [2.24, 2.45) is 0 Å². The van der Waals surface area contributed by atoms with Crippen molar-refractivity contribution in [3.63, 3.8) is 0 Å². The number of rotatable bonds is 16. The average molecular weight is 357 g/mol. The fourth-order valence-corrected chi connectivity index (χ4v) is 2.65. The fourth-order valence-electron chi connectivity index (χ4n) is 2.65. The van der Waals surface area contributed by atoms with E-state index in [1.165, 1.54) is 83.5 Å². The SMILES string of the molecule is CCCCCCCCCCCCCCCCCC(=O)O.[Ge]. The first-order chi connectivity index (χ1) is 9.77. The summed E-state index contributed by atoms with van der Waals surface area (Å²) >= 11 is 0. The molecule has 0 saturated carbocycles.